The van der Waals surface area contributed by atoms with E-state index >= 15 is 0 Å². The van der Waals surface area contributed by atoms with Gasteiger partial charge in [0.25, 0.3) is 0 Å². The molecule has 106 valence electrons. The van der Waals surface area contributed by atoms with E-state index in [0.29, 0.717) is 6.04 Å². The number of hydrogen-bond donors (Lipinski definition) is 1. The van der Waals surface area contributed by atoms with Crippen molar-refractivity contribution < 1.29 is 0 Å². The predicted octanol–water partition coefficient (Wildman–Crippen LogP) is 2.56. The number of likely N-dealkylation sites (N-methyl/N-ethyl adjacent to an activating group) is 1. The van der Waals surface area contributed by atoms with E-state index in [-0.39, 0.29) is 5.54 Å². The Morgan fingerprint density at radius 3 is 2.37 bits per heavy atom. The Balaban J connectivity index is 2.13. The highest BCUT2D eigenvalue weighted by atomic mass is 32.2. The maximum atomic E-state index is 6.17. The third-order valence-electron chi connectivity index (χ3n) is 4.69. The second-order valence-electron chi connectivity index (χ2n) is 5.79. The van der Waals surface area contributed by atoms with Crippen LogP contribution in [0.3, 0.4) is 0 Å². The molecule has 1 aromatic rings. The van der Waals surface area contributed by atoms with E-state index in [1.165, 1.54) is 23.3 Å². The molecule has 3 heteroatoms. The zero-order valence-electron chi connectivity index (χ0n) is 12.4. The number of hydrogen-bond acceptors (Lipinski definition) is 3. The summed E-state index contributed by atoms with van der Waals surface area (Å²) in [7, 11) is 2.25. The van der Waals surface area contributed by atoms with Crippen LogP contribution in [-0.4, -0.2) is 42.1 Å². The van der Waals surface area contributed by atoms with Crippen molar-refractivity contribution in [3.8, 4) is 0 Å². The minimum atomic E-state index is 0.126. The van der Waals surface area contributed by atoms with Crippen LogP contribution in [0.25, 0.3) is 0 Å². The highest BCUT2D eigenvalue weighted by molar-refractivity contribution is 7.98. The first kappa shape index (κ1) is 14.9. The van der Waals surface area contributed by atoms with E-state index in [2.05, 4.69) is 49.4 Å². The molecule has 0 aliphatic heterocycles. The summed E-state index contributed by atoms with van der Waals surface area (Å²) in [4.78, 5) is 2.53. The Morgan fingerprint density at radius 2 is 1.89 bits per heavy atom. The molecular weight excluding hydrogens is 252 g/mol. The van der Waals surface area contributed by atoms with Crippen LogP contribution in [0.5, 0.6) is 0 Å². The van der Waals surface area contributed by atoms with Crippen molar-refractivity contribution in [3.05, 3.63) is 35.4 Å². The molecule has 2 N–H and O–H groups in total. The lowest BCUT2D eigenvalue weighted by Crippen LogP contribution is -2.56. The average molecular weight is 278 g/mol. The van der Waals surface area contributed by atoms with Gasteiger partial charge in [-0.25, -0.2) is 0 Å². The van der Waals surface area contributed by atoms with Gasteiger partial charge in [0.15, 0.2) is 0 Å². The second-order valence-corrected chi connectivity index (χ2v) is 6.78. The molecule has 2 rings (SSSR count). The lowest BCUT2D eigenvalue weighted by molar-refractivity contribution is 0.0913. The lowest BCUT2D eigenvalue weighted by atomic mass is 9.92. The van der Waals surface area contributed by atoms with Gasteiger partial charge in [0.2, 0.25) is 0 Å². The third kappa shape index (κ3) is 2.99. The summed E-state index contributed by atoms with van der Waals surface area (Å²) in [5, 5.41) is 0. The summed E-state index contributed by atoms with van der Waals surface area (Å²) in [6.45, 7) is 3.07. The van der Waals surface area contributed by atoms with Gasteiger partial charge in [-0.2, -0.15) is 11.8 Å². The van der Waals surface area contributed by atoms with Gasteiger partial charge >= 0.3 is 0 Å². The largest absolute Gasteiger partial charge is 0.329 e. The first-order valence-corrected chi connectivity index (χ1v) is 8.51. The molecule has 0 radical (unpaired) electrons. The van der Waals surface area contributed by atoms with Crippen LogP contribution in [0.15, 0.2) is 24.3 Å². The van der Waals surface area contributed by atoms with Crippen molar-refractivity contribution in [1.82, 2.24) is 4.90 Å². The molecule has 1 unspecified atom stereocenters. The van der Waals surface area contributed by atoms with Crippen molar-refractivity contribution >= 4 is 11.8 Å². The van der Waals surface area contributed by atoms with Crippen molar-refractivity contribution in [2.24, 2.45) is 5.73 Å². The van der Waals surface area contributed by atoms with Crippen LogP contribution in [0.2, 0.25) is 0 Å². The number of benzene rings is 1. The molecule has 19 heavy (non-hydrogen) atoms. The molecule has 0 saturated carbocycles. The highest BCUT2D eigenvalue weighted by Gasteiger charge is 2.40. The van der Waals surface area contributed by atoms with Gasteiger partial charge in [-0.3, -0.25) is 4.90 Å². The number of fused-ring (bicyclic) bond motifs is 1. The molecule has 1 aliphatic rings. The van der Waals surface area contributed by atoms with E-state index < -0.39 is 0 Å². The topological polar surface area (TPSA) is 29.3 Å². The smallest absolute Gasteiger partial charge is 0.0412 e. The zero-order valence-corrected chi connectivity index (χ0v) is 13.2. The summed E-state index contributed by atoms with van der Waals surface area (Å²) in [5.41, 5.74) is 9.26. The Morgan fingerprint density at radius 1 is 1.32 bits per heavy atom. The fourth-order valence-corrected chi connectivity index (χ4v) is 3.74. The molecule has 1 aromatic carbocycles. The minimum Gasteiger partial charge on any atom is -0.329 e. The van der Waals surface area contributed by atoms with Gasteiger partial charge in [-0.05, 0) is 56.4 Å². The molecule has 0 bridgehead atoms. The molecule has 1 aliphatic carbocycles. The molecule has 0 aromatic heterocycles. The molecule has 2 nitrogen and oxygen atoms in total. The van der Waals surface area contributed by atoms with Crippen LogP contribution < -0.4 is 5.73 Å². The van der Waals surface area contributed by atoms with Crippen LogP contribution in [0.4, 0.5) is 0 Å². The molecule has 0 heterocycles. The highest BCUT2D eigenvalue weighted by Crippen LogP contribution is 2.34. The van der Waals surface area contributed by atoms with Gasteiger partial charge in [-0.15, -0.1) is 0 Å². The molecule has 0 saturated heterocycles. The Kier molecular flexibility index (Phi) is 4.93. The number of rotatable bonds is 6. The van der Waals surface area contributed by atoms with E-state index in [9.17, 15) is 0 Å². The quantitative estimate of drug-likeness (QED) is 0.867. The maximum Gasteiger partial charge on any atom is 0.0412 e. The van der Waals surface area contributed by atoms with Crippen molar-refractivity contribution in [1.29, 1.82) is 0 Å². The van der Waals surface area contributed by atoms with E-state index in [1.807, 2.05) is 11.8 Å². The van der Waals surface area contributed by atoms with Crippen molar-refractivity contribution in [2.75, 3.05) is 25.6 Å². The zero-order chi connectivity index (χ0) is 13.9. The minimum absolute atomic E-state index is 0.126. The second kappa shape index (κ2) is 6.29. The average Bonchev–Trinajstić information content (AvgIpc) is 2.83. The Bertz CT molecular complexity index is 394. The molecule has 1 atom stereocenters. The SMILES string of the molecule is CSCCC(C)N(C)C1(CN)Cc2ccccc2C1. The lowest BCUT2D eigenvalue weighted by Gasteiger charge is -2.42. The maximum absolute atomic E-state index is 6.17. The van der Waals surface area contributed by atoms with Crippen LogP contribution in [0, 0.1) is 0 Å². The first-order valence-electron chi connectivity index (χ1n) is 7.11. The number of nitrogens with two attached hydrogens (primary N) is 1. The third-order valence-corrected chi connectivity index (χ3v) is 5.33. The molecular formula is C16H26N2S. The van der Waals surface area contributed by atoms with Gasteiger partial charge in [0, 0.05) is 18.1 Å². The summed E-state index contributed by atoms with van der Waals surface area (Å²) in [5.74, 6) is 1.22. The Labute approximate surface area is 121 Å². The molecule has 0 fully saturated rings. The first-order chi connectivity index (χ1) is 9.13. The van der Waals surface area contributed by atoms with Gasteiger partial charge < -0.3 is 5.73 Å². The fourth-order valence-electron chi connectivity index (χ4n) is 3.16. The van der Waals surface area contributed by atoms with Gasteiger partial charge in [0.1, 0.15) is 0 Å². The fraction of sp³-hybridized carbons (Fsp3) is 0.625. The van der Waals surface area contributed by atoms with Crippen LogP contribution in [0.1, 0.15) is 24.5 Å². The van der Waals surface area contributed by atoms with E-state index in [4.69, 9.17) is 5.73 Å². The van der Waals surface area contributed by atoms with Gasteiger partial charge in [-0.1, -0.05) is 24.3 Å². The van der Waals surface area contributed by atoms with Crippen LogP contribution >= 0.6 is 11.8 Å². The summed E-state index contributed by atoms with van der Waals surface area (Å²) < 4.78 is 0. The Hall–Kier alpha value is -0.510. The number of nitrogens with zero attached hydrogens (tertiary/aromatic N) is 1. The van der Waals surface area contributed by atoms with Gasteiger partial charge in [0.05, 0.1) is 0 Å². The van der Waals surface area contributed by atoms with Crippen LogP contribution in [-0.2, 0) is 12.8 Å². The van der Waals surface area contributed by atoms with Crippen molar-refractivity contribution in [2.45, 2.75) is 37.8 Å². The summed E-state index contributed by atoms with van der Waals surface area (Å²) in [6, 6.07) is 9.39. The predicted molar refractivity (Wildman–Crippen MR) is 85.9 cm³/mol. The van der Waals surface area contributed by atoms with E-state index in [0.717, 1.165) is 19.4 Å². The van der Waals surface area contributed by atoms with E-state index in [1.54, 1.807) is 0 Å². The summed E-state index contributed by atoms with van der Waals surface area (Å²) in [6.07, 6.45) is 5.60. The number of thioether (sulfide) groups is 1. The van der Waals surface area contributed by atoms with Crippen molar-refractivity contribution in [3.63, 3.8) is 0 Å². The summed E-state index contributed by atoms with van der Waals surface area (Å²) >= 11 is 1.93. The monoisotopic (exact) mass is 278 g/mol. The molecule has 0 amide bonds. The standard InChI is InChI=1S/C16H26N2S/c1-13(8-9-19-3)18(2)16(12-17)10-14-6-4-5-7-15(14)11-16/h4-7,13H,8-12,17H2,1-3H3. The normalized spacial score (nSPS) is 18.6. The molecule has 0 spiro atoms.